The summed E-state index contributed by atoms with van der Waals surface area (Å²) in [6, 6.07) is 0. The Morgan fingerprint density at radius 1 is 1.46 bits per heavy atom. The van der Waals surface area contributed by atoms with E-state index in [-0.39, 0.29) is 11.3 Å². The van der Waals surface area contributed by atoms with Crippen LogP contribution in [0.25, 0.3) is 0 Å². The fourth-order valence-electron chi connectivity index (χ4n) is 1.82. The zero-order chi connectivity index (χ0) is 9.53. The molecule has 2 fully saturated rings. The minimum Gasteiger partial charge on any atom is -0.309 e. The van der Waals surface area contributed by atoms with Gasteiger partial charge in [0.1, 0.15) is 0 Å². The van der Waals surface area contributed by atoms with E-state index in [1.165, 1.54) is 0 Å². The SMILES string of the molecule is CCS(=O)(=O)N1CCNC2(CC2)C1. The maximum atomic E-state index is 11.6. The number of piperazine rings is 1. The van der Waals surface area contributed by atoms with Crippen LogP contribution in [0.4, 0.5) is 0 Å². The van der Waals surface area contributed by atoms with Crippen LogP contribution in [0.5, 0.6) is 0 Å². The normalized spacial score (nSPS) is 27.8. The summed E-state index contributed by atoms with van der Waals surface area (Å²) in [5, 5.41) is 3.39. The van der Waals surface area contributed by atoms with E-state index in [4.69, 9.17) is 0 Å². The van der Waals surface area contributed by atoms with Crippen LogP contribution in [-0.4, -0.2) is 43.6 Å². The Morgan fingerprint density at radius 2 is 2.15 bits per heavy atom. The van der Waals surface area contributed by atoms with Crippen LogP contribution in [-0.2, 0) is 10.0 Å². The first-order valence-corrected chi connectivity index (χ1v) is 6.42. The third kappa shape index (κ3) is 1.73. The number of sulfonamides is 1. The van der Waals surface area contributed by atoms with Crippen LogP contribution in [0, 0.1) is 0 Å². The Hall–Kier alpha value is -0.130. The molecule has 0 aromatic rings. The Morgan fingerprint density at radius 3 is 2.69 bits per heavy atom. The highest BCUT2D eigenvalue weighted by molar-refractivity contribution is 7.89. The van der Waals surface area contributed by atoms with E-state index in [1.54, 1.807) is 11.2 Å². The Kier molecular flexibility index (Phi) is 2.13. The van der Waals surface area contributed by atoms with Crippen molar-refractivity contribution < 1.29 is 8.42 Å². The summed E-state index contributed by atoms with van der Waals surface area (Å²) in [5.74, 6) is 0.225. The minimum atomic E-state index is -2.96. The van der Waals surface area contributed by atoms with Crippen LogP contribution in [0.1, 0.15) is 19.8 Å². The number of nitrogens with zero attached hydrogens (tertiary/aromatic N) is 1. The summed E-state index contributed by atoms with van der Waals surface area (Å²) in [6.07, 6.45) is 2.26. The average molecular weight is 204 g/mol. The van der Waals surface area contributed by atoms with E-state index in [0.717, 1.165) is 19.4 Å². The first-order chi connectivity index (χ1) is 6.08. The van der Waals surface area contributed by atoms with Crippen molar-refractivity contribution in [2.45, 2.75) is 25.3 Å². The molecule has 0 radical (unpaired) electrons. The molecule has 1 aliphatic heterocycles. The third-order valence-corrected chi connectivity index (χ3v) is 4.78. The second kappa shape index (κ2) is 2.93. The zero-order valence-corrected chi connectivity index (χ0v) is 8.73. The molecular formula is C8H16N2O2S. The molecule has 0 unspecified atom stereocenters. The second-order valence-corrected chi connectivity index (χ2v) is 6.20. The summed E-state index contributed by atoms with van der Waals surface area (Å²) in [4.78, 5) is 0. The van der Waals surface area contributed by atoms with Gasteiger partial charge in [-0.05, 0) is 19.8 Å². The Labute approximate surface area is 79.4 Å². The standard InChI is InChI=1S/C8H16N2O2S/c1-2-13(11,12)10-6-5-9-8(7-10)3-4-8/h9H,2-7H2,1H3. The molecule has 0 bridgehead atoms. The van der Waals surface area contributed by atoms with Crippen molar-refractivity contribution in [2.24, 2.45) is 0 Å². The number of rotatable bonds is 2. The van der Waals surface area contributed by atoms with Crippen molar-refractivity contribution in [3.63, 3.8) is 0 Å². The topological polar surface area (TPSA) is 49.4 Å². The molecule has 4 nitrogen and oxygen atoms in total. The van der Waals surface area contributed by atoms with Gasteiger partial charge >= 0.3 is 0 Å². The Balaban J connectivity index is 2.08. The second-order valence-electron chi connectivity index (χ2n) is 3.94. The van der Waals surface area contributed by atoms with Crippen molar-refractivity contribution in [3.8, 4) is 0 Å². The van der Waals surface area contributed by atoms with Gasteiger partial charge in [-0.2, -0.15) is 4.31 Å². The smallest absolute Gasteiger partial charge is 0.213 e. The highest BCUT2D eigenvalue weighted by Crippen LogP contribution is 2.38. The molecule has 1 saturated heterocycles. The van der Waals surface area contributed by atoms with E-state index in [0.29, 0.717) is 13.1 Å². The molecule has 1 heterocycles. The molecule has 13 heavy (non-hydrogen) atoms. The number of hydrogen-bond donors (Lipinski definition) is 1. The lowest BCUT2D eigenvalue weighted by Gasteiger charge is -2.32. The monoisotopic (exact) mass is 204 g/mol. The van der Waals surface area contributed by atoms with Gasteiger partial charge in [0.2, 0.25) is 10.0 Å². The molecule has 2 aliphatic rings. The quantitative estimate of drug-likeness (QED) is 0.676. The highest BCUT2D eigenvalue weighted by atomic mass is 32.2. The fraction of sp³-hybridized carbons (Fsp3) is 1.00. The maximum Gasteiger partial charge on any atom is 0.213 e. The summed E-state index contributed by atoms with van der Waals surface area (Å²) < 4.78 is 24.8. The molecule has 1 spiro atoms. The predicted octanol–water partition coefficient (Wildman–Crippen LogP) is -0.226. The van der Waals surface area contributed by atoms with Gasteiger partial charge in [0.15, 0.2) is 0 Å². The molecule has 1 saturated carbocycles. The molecule has 0 aromatic carbocycles. The summed E-state index contributed by atoms with van der Waals surface area (Å²) in [5.41, 5.74) is 0.153. The van der Waals surface area contributed by atoms with Gasteiger partial charge in [-0.25, -0.2) is 8.42 Å². The fourth-order valence-corrected chi connectivity index (χ4v) is 3.00. The lowest BCUT2D eigenvalue weighted by molar-refractivity contribution is 0.285. The highest BCUT2D eigenvalue weighted by Gasteiger charge is 2.47. The average Bonchev–Trinajstić information content (AvgIpc) is 2.85. The molecule has 0 atom stereocenters. The van der Waals surface area contributed by atoms with Gasteiger partial charge in [-0.15, -0.1) is 0 Å². The van der Waals surface area contributed by atoms with E-state index >= 15 is 0 Å². The van der Waals surface area contributed by atoms with Crippen molar-refractivity contribution >= 4 is 10.0 Å². The van der Waals surface area contributed by atoms with E-state index in [9.17, 15) is 8.42 Å². The van der Waals surface area contributed by atoms with Crippen LogP contribution in [0.15, 0.2) is 0 Å². The molecular weight excluding hydrogens is 188 g/mol. The van der Waals surface area contributed by atoms with Crippen LogP contribution in [0.2, 0.25) is 0 Å². The molecule has 0 amide bonds. The summed E-state index contributed by atoms with van der Waals surface area (Å²) >= 11 is 0. The van der Waals surface area contributed by atoms with Crippen molar-refractivity contribution in [2.75, 3.05) is 25.4 Å². The molecule has 5 heteroatoms. The summed E-state index contributed by atoms with van der Waals surface area (Å²) in [7, 11) is -2.96. The largest absolute Gasteiger partial charge is 0.309 e. The Bertz CT molecular complexity index is 295. The van der Waals surface area contributed by atoms with Crippen molar-refractivity contribution in [3.05, 3.63) is 0 Å². The lowest BCUT2D eigenvalue weighted by atomic mass is 10.2. The van der Waals surface area contributed by atoms with Gasteiger partial charge in [0.25, 0.3) is 0 Å². The van der Waals surface area contributed by atoms with Gasteiger partial charge in [-0.3, -0.25) is 0 Å². The first-order valence-electron chi connectivity index (χ1n) is 4.81. The molecule has 1 N–H and O–H groups in total. The molecule has 0 aromatic heterocycles. The lowest BCUT2D eigenvalue weighted by Crippen LogP contribution is -2.54. The van der Waals surface area contributed by atoms with E-state index in [2.05, 4.69) is 5.32 Å². The first kappa shape index (κ1) is 9.43. The van der Waals surface area contributed by atoms with Crippen LogP contribution < -0.4 is 5.32 Å². The molecule has 2 rings (SSSR count). The van der Waals surface area contributed by atoms with Gasteiger partial charge in [0, 0.05) is 25.2 Å². The minimum absolute atomic E-state index is 0.153. The molecule has 76 valence electrons. The predicted molar refractivity (Wildman–Crippen MR) is 51.0 cm³/mol. The van der Waals surface area contributed by atoms with Crippen molar-refractivity contribution in [1.29, 1.82) is 0 Å². The van der Waals surface area contributed by atoms with Crippen LogP contribution in [0.3, 0.4) is 0 Å². The third-order valence-electron chi connectivity index (χ3n) is 2.95. The van der Waals surface area contributed by atoms with Gasteiger partial charge < -0.3 is 5.32 Å². The van der Waals surface area contributed by atoms with Crippen molar-refractivity contribution in [1.82, 2.24) is 9.62 Å². The van der Waals surface area contributed by atoms with Gasteiger partial charge in [-0.1, -0.05) is 0 Å². The zero-order valence-electron chi connectivity index (χ0n) is 7.91. The molecule has 1 aliphatic carbocycles. The number of hydrogen-bond acceptors (Lipinski definition) is 3. The maximum absolute atomic E-state index is 11.6. The van der Waals surface area contributed by atoms with E-state index < -0.39 is 10.0 Å². The number of nitrogens with one attached hydrogen (secondary N) is 1. The van der Waals surface area contributed by atoms with Gasteiger partial charge in [0.05, 0.1) is 5.75 Å². The summed E-state index contributed by atoms with van der Waals surface area (Å²) in [6.45, 7) is 3.83. The van der Waals surface area contributed by atoms with E-state index in [1.807, 2.05) is 0 Å². The van der Waals surface area contributed by atoms with Crippen LogP contribution >= 0.6 is 0 Å².